The van der Waals surface area contributed by atoms with Gasteiger partial charge in [0.1, 0.15) is 12.4 Å². The molecule has 0 fully saturated rings. The minimum Gasteiger partial charge on any atom is -0.409 e. The Balaban J connectivity index is 3.72. The number of halogens is 3. The van der Waals surface area contributed by atoms with Gasteiger partial charge in [-0.2, -0.15) is 13.2 Å². The number of ether oxygens (including phenoxy) is 1. The van der Waals surface area contributed by atoms with E-state index in [4.69, 9.17) is 10.9 Å². The van der Waals surface area contributed by atoms with Crippen LogP contribution in [0.4, 0.5) is 13.2 Å². The van der Waals surface area contributed by atoms with E-state index in [0.29, 0.717) is 0 Å². The molecule has 106 valence electrons. The number of carbonyl (C=O) groups excluding carboxylic acids is 1. The van der Waals surface area contributed by atoms with E-state index in [1.165, 1.54) is 0 Å². The quantitative estimate of drug-likeness (QED) is 0.208. The Hall–Kier alpha value is -1.51. The van der Waals surface area contributed by atoms with Crippen molar-refractivity contribution in [2.75, 3.05) is 13.2 Å². The Bertz CT molecular complexity index is 295. The van der Waals surface area contributed by atoms with Crippen molar-refractivity contribution in [3.8, 4) is 0 Å². The number of carbonyl (C=O) groups is 1. The monoisotopic (exact) mass is 271 g/mol. The fraction of sp³-hybridized carbons (Fsp3) is 0.778. The molecule has 18 heavy (non-hydrogen) atoms. The molecule has 0 bridgehead atoms. The summed E-state index contributed by atoms with van der Waals surface area (Å²) in [7, 11) is 0. The smallest absolute Gasteiger partial charge is 0.409 e. The molecule has 0 aliphatic rings. The van der Waals surface area contributed by atoms with E-state index in [0.717, 1.165) is 0 Å². The zero-order valence-electron chi connectivity index (χ0n) is 9.83. The van der Waals surface area contributed by atoms with Crippen LogP contribution in [-0.4, -0.2) is 42.4 Å². The van der Waals surface area contributed by atoms with Crippen LogP contribution in [0.3, 0.4) is 0 Å². The molecular weight excluding hydrogens is 255 g/mol. The summed E-state index contributed by atoms with van der Waals surface area (Å²) in [6, 6.07) is -0.379. The highest BCUT2D eigenvalue weighted by atomic mass is 19.4. The summed E-state index contributed by atoms with van der Waals surface area (Å²) in [5, 5.41) is 13.5. The molecule has 0 radical (unpaired) electrons. The first-order valence-electron chi connectivity index (χ1n) is 5.15. The molecule has 1 amide bonds. The number of alkyl halides is 3. The Morgan fingerprint density at radius 1 is 1.56 bits per heavy atom. The predicted molar refractivity (Wildman–Crippen MR) is 57.1 cm³/mol. The van der Waals surface area contributed by atoms with Gasteiger partial charge in [-0.3, -0.25) is 4.79 Å². The van der Waals surface area contributed by atoms with Gasteiger partial charge < -0.3 is 21.0 Å². The molecule has 0 heterocycles. The third-order valence-corrected chi connectivity index (χ3v) is 1.79. The van der Waals surface area contributed by atoms with Gasteiger partial charge >= 0.3 is 6.18 Å². The van der Waals surface area contributed by atoms with E-state index < -0.39 is 18.7 Å². The molecule has 0 saturated heterocycles. The number of amidine groups is 1. The molecule has 0 spiro atoms. The van der Waals surface area contributed by atoms with Crippen molar-refractivity contribution in [2.24, 2.45) is 10.9 Å². The van der Waals surface area contributed by atoms with Gasteiger partial charge in [0.2, 0.25) is 5.91 Å². The first kappa shape index (κ1) is 16.5. The molecule has 0 saturated carbocycles. The highest BCUT2D eigenvalue weighted by molar-refractivity contribution is 5.81. The average Bonchev–Trinajstić information content (AvgIpc) is 2.22. The molecular formula is C9H16F3N3O3. The third-order valence-electron chi connectivity index (χ3n) is 1.79. The molecule has 0 aliphatic carbocycles. The Kier molecular flexibility index (Phi) is 7.10. The first-order chi connectivity index (χ1) is 8.24. The number of hydrogen-bond donors (Lipinski definition) is 3. The Morgan fingerprint density at radius 3 is 2.67 bits per heavy atom. The fourth-order valence-corrected chi connectivity index (χ4v) is 1.11. The number of nitrogens with zero attached hydrogens (tertiary/aromatic N) is 1. The number of oxime groups is 1. The lowest BCUT2D eigenvalue weighted by atomic mass is 10.2. The maximum Gasteiger partial charge on any atom is 0.411 e. The van der Waals surface area contributed by atoms with Crippen LogP contribution in [0.1, 0.15) is 19.8 Å². The number of hydrogen-bond acceptors (Lipinski definition) is 4. The second-order valence-electron chi connectivity index (χ2n) is 3.68. The maximum atomic E-state index is 11.7. The molecule has 0 aromatic carbocycles. The van der Waals surface area contributed by atoms with E-state index in [9.17, 15) is 18.0 Å². The van der Waals surface area contributed by atoms with Crippen molar-refractivity contribution < 1.29 is 27.9 Å². The zero-order chi connectivity index (χ0) is 14.2. The summed E-state index contributed by atoms with van der Waals surface area (Å²) in [4.78, 5) is 11.2. The van der Waals surface area contributed by atoms with E-state index in [-0.39, 0.29) is 31.3 Å². The van der Waals surface area contributed by atoms with Crippen LogP contribution in [0, 0.1) is 0 Å². The fourth-order valence-electron chi connectivity index (χ4n) is 1.11. The Morgan fingerprint density at radius 2 is 2.17 bits per heavy atom. The minimum atomic E-state index is -4.39. The number of nitrogens with two attached hydrogens (primary N) is 1. The van der Waals surface area contributed by atoms with Crippen LogP contribution in [0.15, 0.2) is 5.16 Å². The first-order valence-corrected chi connectivity index (χ1v) is 5.15. The van der Waals surface area contributed by atoms with E-state index in [2.05, 4.69) is 15.2 Å². The molecule has 9 heteroatoms. The van der Waals surface area contributed by atoms with Crippen molar-refractivity contribution >= 4 is 11.7 Å². The second-order valence-corrected chi connectivity index (χ2v) is 3.68. The highest BCUT2D eigenvalue weighted by Crippen LogP contribution is 2.14. The largest absolute Gasteiger partial charge is 0.411 e. The number of rotatable bonds is 7. The average molecular weight is 271 g/mol. The normalized spacial score (nSPS) is 14.3. The van der Waals surface area contributed by atoms with Crippen LogP contribution in [0.2, 0.25) is 0 Å². The predicted octanol–water partition coefficient (Wildman–Crippen LogP) is 0.597. The molecule has 1 atom stereocenters. The van der Waals surface area contributed by atoms with Crippen molar-refractivity contribution in [3.05, 3.63) is 0 Å². The van der Waals surface area contributed by atoms with Gasteiger partial charge in [-0.15, -0.1) is 0 Å². The highest BCUT2D eigenvalue weighted by Gasteiger charge is 2.27. The zero-order valence-corrected chi connectivity index (χ0v) is 9.83. The van der Waals surface area contributed by atoms with E-state index in [1.54, 1.807) is 6.92 Å². The van der Waals surface area contributed by atoms with Crippen LogP contribution in [0.25, 0.3) is 0 Å². The SMILES string of the molecule is CC(CC(N)=NO)NC(=O)CCOCC(F)(F)F. The van der Waals surface area contributed by atoms with Crippen molar-refractivity contribution in [1.82, 2.24) is 5.32 Å². The van der Waals surface area contributed by atoms with Crippen LogP contribution < -0.4 is 11.1 Å². The van der Waals surface area contributed by atoms with E-state index >= 15 is 0 Å². The van der Waals surface area contributed by atoms with Crippen molar-refractivity contribution in [2.45, 2.75) is 32.0 Å². The standard InChI is InChI=1S/C9H16F3N3O3/c1-6(4-7(13)15-17)14-8(16)2-3-18-5-9(10,11)12/h6,17H,2-5H2,1H3,(H2,13,15)(H,14,16). The summed E-state index contributed by atoms with van der Waals surface area (Å²) in [5.41, 5.74) is 5.22. The number of nitrogens with one attached hydrogen (secondary N) is 1. The molecule has 0 aliphatic heterocycles. The summed E-state index contributed by atoms with van der Waals surface area (Å²) in [6.45, 7) is -0.0753. The summed E-state index contributed by atoms with van der Waals surface area (Å²) in [6.07, 6.45) is -4.43. The third kappa shape index (κ3) is 9.70. The molecule has 0 rings (SSSR count). The van der Waals surface area contributed by atoms with Crippen molar-refractivity contribution in [1.29, 1.82) is 0 Å². The summed E-state index contributed by atoms with van der Waals surface area (Å²) < 4.78 is 39.4. The van der Waals surface area contributed by atoms with Crippen LogP contribution >= 0.6 is 0 Å². The van der Waals surface area contributed by atoms with Gasteiger partial charge in [-0.25, -0.2) is 0 Å². The van der Waals surface area contributed by atoms with Gasteiger partial charge in [-0.05, 0) is 6.92 Å². The number of amides is 1. The molecule has 4 N–H and O–H groups in total. The summed E-state index contributed by atoms with van der Waals surface area (Å²) in [5.74, 6) is -0.508. The topological polar surface area (TPSA) is 96.9 Å². The van der Waals surface area contributed by atoms with Gasteiger partial charge in [0.25, 0.3) is 0 Å². The lowest BCUT2D eigenvalue weighted by Crippen LogP contribution is -2.36. The second kappa shape index (κ2) is 7.75. The van der Waals surface area contributed by atoms with Crippen molar-refractivity contribution in [3.63, 3.8) is 0 Å². The van der Waals surface area contributed by atoms with Gasteiger partial charge in [0, 0.05) is 18.9 Å². The van der Waals surface area contributed by atoms with E-state index in [1.807, 2.05) is 0 Å². The summed E-state index contributed by atoms with van der Waals surface area (Å²) >= 11 is 0. The van der Waals surface area contributed by atoms with Gasteiger partial charge in [0.05, 0.1) is 6.61 Å². The molecule has 0 aromatic heterocycles. The molecule has 0 aromatic rings. The van der Waals surface area contributed by atoms with Crippen LogP contribution in [0.5, 0.6) is 0 Å². The lowest BCUT2D eigenvalue weighted by Gasteiger charge is -2.13. The van der Waals surface area contributed by atoms with Gasteiger partial charge in [0.15, 0.2) is 0 Å². The molecule has 6 nitrogen and oxygen atoms in total. The Labute approximate surface area is 102 Å². The maximum absolute atomic E-state index is 11.7. The lowest BCUT2D eigenvalue weighted by molar-refractivity contribution is -0.174. The van der Waals surface area contributed by atoms with Gasteiger partial charge in [-0.1, -0.05) is 5.16 Å². The van der Waals surface area contributed by atoms with Crippen LogP contribution in [-0.2, 0) is 9.53 Å². The minimum absolute atomic E-state index is 0.0453. The molecule has 1 unspecified atom stereocenters.